The van der Waals surface area contributed by atoms with Gasteiger partial charge in [0.2, 0.25) is 5.91 Å². The van der Waals surface area contributed by atoms with Gasteiger partial charge in [0.25, 0.3) is 0 Å². The first kappa shape index (κ1) is 39.3. The zero-order chi connectivity index (χ0) is 36.3. The lowest BCUT2D eigenvalue weighted by Gasteiger charge is -2.33. The zero-order valence-electron chi connectivity index (χ0n) is 33.9. The molecule has 2 heterocycles. The minimum Gasteiger partial charge on any atom is -0.336 e. The number of fused-ring (bicyclic) bond motifs is 3. The van der Waals surface area contributed by atoms with Crippen LogP contribution in [0.15, 0.2) is 36.4 Å². The molecule has 6 rings (SSSR count). The molecule has 2 aliphatic heterocycles. The highest BCUT2D eigenvalue weighted by molar-refractivity contribution is 5.98. The van der Waals surface area contributed by atoms with Crippen LogP contribution >= 0.6 is 0 Å². The molecule has 2 saturated heterocycles. The summed E-state index contributed by atoms with van der Waals surface area (Å²) in [7, 11) is 0. The maximum absolute atomic E-state index is 14.2. The molecule has 1 N–H and O–H groups in total. The van der Waals surface area contributed by atoms with Crippen LogP contribution in [0.2, 0.25) is 0 Å². The van der Waals surface area contributed by atoms with Gasteiger partial charge in [-0.05, 0) is 119 Å². The number of hydrogen-bond donors (Lipinski definition) is 1. The highest BCUT2D eigenvalue weighted by atomic mass is 16.2. The van der Waals surface area contributed by atoms with Gasteiger partial charge in [0.05, 0.1) is 5.41 Å². The molecule has 3 fully saturated rings. The highest BCUT2D eigenvalue weighted by Crippen LogP contribution is 2.44. The Morgan fingerprint density at radius 2 is 1.13 bits per heavy atom. The third-order valence-corrected chi connectivity index (χ3v) is 13.6. The molecule has 0 radical (unpaired) electrons. The Kier molecular flexibility index (Phi) is 14.6. The highest BCUT2D eigenvalue weighted by Gasteiger charge is 2.47. The van der Waals surface area contributed by atoms with E-state index in [-0.39, 0.29) is 0 Å². The summed E-state index contributed by atoms with van der Waals surface area (Å²) >= 11 is 0. The van der Waals surface area contributed by atoms with E-state index in [2.05, 4.69) is 74.3 Å². The Bertz CT molecular complexity index is 1420. The van der Waals surface area contributed by atoms with Crippen molar-refractivity contribution < 1.29 is 4.79 Å². The van der Waals surface area contributed by atoms with Crippen molar-refractivity contribution >= 4 is 17.1 Å². The second-order valence-electron chi connectivity index (χ2n) is 18.2. The lowest BCUT2D eigenvalue weighted by molar-refractivity contribution is -0.137. The minimum atomic E-state index is -0.521. The number of rotatable bonds is 7. The summed E-state index contributed by atoms with van der Waals surface area (Å²) in [5.74, 6) is 0.342. The number of nitrogens with one attached hydrogen (secondary N) is 1. The number of benzene rings is 2. The molecule has 2 aromatic carbocycles. The standard InChI is InChI=1S/C49H74N2O/c1-37-32-38(2)34-40(33-37)46-35-39-24-25-41(49(3,4)48(52)51-43-26-27-44(51)29-28-43)36-47(39)45(46)30-31-50-42-22-20-18-16-14-12-10-8-6-5-7-9-11-13-15-17-19-21-23-42/h24-25,32-34,36,42-44,50H,5-23,26-31,35H2,1-4H3. The van der Waals surface area contributed by atoms with Crippen molar-refractivity contribution in [3.8, 4) is 0 Å². The van der Waals surface area contributed by atoms with Gasteiger partial charge < -0.3 is 10.2 Å². The number of allylic oxidation sites excluding steroid dienone is 1. The number of aryl methyl sites for hydroxylation is 2. The summed E-state index contributed by atoms with van der Waals surface area (Å²) in [6.45, 7) is 9.86. The van der Waals surface area contributed by atoms with Crippen molar-refractivity contribution in [3.05, 3.63) is 69.8 Å². The minimum absolute atomic E-state index is 0.342. The maximum Gasteiger partial charge on any atom is 0.233 e. The molecule has 1 saturated carbocycles. The van der Waals surface area contributed by atoms with Crippen LogP contribution in [0.3, 0.4) is 0 Å². The Balaban J connectivity index is 1.15. The van der Waals surface area contributed by atoms with Crippen LogP contribution in [0.5, 0.6) is 0 Å². The van der Waals surface area contributed by atoms with Crippen LogP contribution in [0.1, 0.15) is 201 Å². The van der Waals surface area contributed by atoms with Crippen molar-refractivity contribution in [2.24, 2.45) is 0 Å². The topological polar surface area (TPSA) is 32.3 Å². The summed E-state index contributed by atoms with van der Waals surface area (Å²) in [4.78, 5) is 16.5. The van der Waals surface area contributed by atoms with E-state index >= 15 is 0 Å². The average Bonchev–Trinajstić information content (AvgIpc) is 3.83. The first-order valence-electron chi connectivity index (χ1n) is 22.3. The Labute approximate surface area is 319 Å². The molecule has 0 unspecified atom stereocenters. The number of nitrogens with zero attached hydrogens (tertiary/aromatic N) is 1. The number of carbonyl (C=O) groups excluding carboxylic acids is 1. The lowest BCUT2D eigenvalue weighted by atomic mass is 9.81. The van der Waals surface area contributed by atoms with E-state index in [0.717, 1.165) is 19.4 Å². The van der Waals surface area contributed by atoms with Gasteiger partial charge >= 0.3 is 0 Å². The van der Waals surface area contributed by atoms with Gasteiger partial charge in [-0.2, -0.15) is 0 Å². The molecule has 3 nitrogen and oxygen atoms in total. The van der Waals surface area contributed by atoms with Gasteiger partial charge in [0, 0.05) is 18.1 Å². The van der Waals surface area contributed by atoms with Crippen LogP contribution in [0, 0.1) is 13.8 Å². The summed E-state index contributed by atoms with van der Waals surface area (Å²) in [5.41, 5.74) is 10.6. The van der Waals surface area contributed by atoms with E-state index < -0.39 is 5.41 Å². The normalized spacial score (nSPS) is 23.6. The molecule has 4 aliphatic rings. The van der Waals surface area contributed by atoms with Gasteiger partial charge in [-0.3, -0.25) is 4.79 Å². The van der Waals surface area contributed by atoms with E-state index in [1.54, 1.807) is 0 Å². The predicted octanol–water partition coefficient (Wildman–Crippen LogP) is 13.0. The second kappa shape index (κ2) is 19.3. The lowest BCUT2D eigenvalue weighted by Crippen LogP contribution is -2.46. The van der Waals surface area contributed by atoms with Crippen molar-refractivity contribution in [3.63, 3.8) is 0 Å². The van der Waals surface area contributed by atoms with Gasteiger partial charge in [-0.1, -0.05) is 157 Å². The fourth-order valence-electron chi connectivity index (χ4n) is 10.4. The molecule has 3 heteroatoms. The molecule has 286 valence electrons. The van der Waals surface area contributed by atoms with E-state index in [1.165, 1.54) is 192 Å². The van der Waals surface area contributed by atoms with E-state index in [9.17, 15) is 4.79 Å². The number of carbonyl (C=O) groups is 1. The van der Waals surface area contributed by atoms with E-state index in [1.807, 2.05) is 0 Å². The van der Waals surface area contributed by atoms with E-state index in [4.69, 9.17) is 0 Å². The van der Waals surface area contributed by atoms with Crippen molar-refractivity contribution in [1.82, 2.24) is 10.2 Å². The molecular weight excluding hydrogens is 633 g/mol. The number of hydrogen-bond acceptors (Lipinski definition) is 2. The summed E-state index contributed by atoms with van der Waals surface area (Å²) in [6.07, 6.45) is 33.7. The Morgan fingerprint density at radius 1 is 0.654 bits per heavy atom. The quantitative estimate of drug-likeness (QED) is 0.311. The first-order valence-corrected chi connectivity index (χ1v) is 22.3. The predicted molar refractivity (Wildman–Crippen MR) is 223 cm³/mol. The largest absolute Gasteiger partial charge is 0.336 e. The van der Waals surface area contributed by atoms with Gasteiger partial charge in [-0.15, -0.1) is 0 Å². The molecule has 0 atom stereocenters. The Morgan fingerprint density at radius 3 is 1.63 bits per heavy atom. The molecule has 0 spiro atoms. The molecule has 2 bridgehead atoms. The van der Waals surface area contributed by atoms with Gasteiger partial charge in [0.15, 0.2) is 0 Å². The van der Waals surface area contributed by atoms with Crippen molar-refractivity contribution in [2.75, 3.05) is 6.54 Å². The van der Waals surface area contributed by atoms with Crippen LogP contribution in [-0.2, 0) is 16.6 Å². The summed E-state index contributed by atoms with van der Waals surface area (Å²) in [5, 5.41) is 4.13. The molecule has 0 aromatic heterocycles. The fraction of sp³-hybridized carbons (Fsp3) is 0.694. The smallest absolute Gasteiger partial charge is 0.233 e. The molecule has 2 aromatic rings. The SMILES string of the molecule is Cc1cc(C)cc(C2=C(CCNC3CCCCCCCCCCCCCCCCCCC3)c3cc(C(C)(C)C(=O)N4C5CCC4CC5)ccc3C2)c1. The molecule has 52 heavy (non-hydrogen) atoms. The van der Waals surface area contributed by atoms with Gasteiger partial charge in [-0.25, -0.2) is 0 Å². The van der Waals surface area contributed by atoms with Crippen LogP contribution in [0.4, 0.5) is 0 Å². The van der Waals surface area contributed by atoms with Crippen molar-refractivity contribution in [2.45, 2.75) is 212 Å². The van der Waals surface area contributed by atoms with Crippen LogP contribution < -0.4 is 5.32 Å². The van der Waals surface area contributed by atoms with E-state index in [0.29, 0.717) is 24.0 Å². The second-order valence-corrected chi connectivity index (χ2v) is 18.2. The van der Waals surface area contributed by atoms with Crippen LogP contribution in [-0.4, -0.2) is 35.5 Å². The zero-order valence-corrected chi connectivity index (χ0v) is 33.9. The summed E-state index contributed by atoms with van der Waals surface area (Å²) < 4.78 is 0. The summed E-state index contributed by atoms with van der Waals surface area (Å²) in [6, 6.07) is 15.7. The average molecular weight is 707 g/mol. The molecule has 1 amide bonds. The molecular formula is C49H74N2O. The third kappa shape index (κ3) is 10.2. The first-order chi connectivity index (χ1) is 25.3. The van der Waals surface area contributed by atoms with Gasteiger partial charge in [0.1, 0.15) is 0 Å². The van der Waals surface area contributed by atoms with Crippen molar-refractivity contribution in [1.29, 1.82) is 0 Å². The monoisotopic (exact) mass is 707 g/mol. The molecule has 2 aliphatic carbocycles. The third-order valence-electron chi connectivity index (χ3n) is 13.6. The maximum atomic E-state index is 14.2. The van der Waals surface area contributed by atoms with Crippen LogP contribution in [0.25, 0.3) is 11.1 Å². The fourth-order valence-corrected chi connectivity index (χ4v) is 10.4. The Hall–Kier alpha value is -2.39. The number of amides is 1.